The molecule has 0 spiro atoms. The van der Waals surface area contributed by atoms with Crippen molar-refractivity contribution in [2.75, 3.05) is 5.32 Å². The summed E-state index contributed by atoms with van der Waals surface area (Å²) in [5.74, 6) is -0.367. The third-order valence-corrected chi connectivity index (χ3v) is 3.58. The number of para-hydroxylation sites is 1. The summed E-state index contributed by atoms with van der Waals surface area (Å²) in [6, 6.07) is 18.6. The maximum absolute atomic E-state index is 12.0. The third-order valence-electron chi connectivity index (χ3n) is 2.93. The van der Waals surface area contributed by atoms with Crippen LogP contribution in [-0.4, -0.2) is 15.9 Å². The van der Waals surface area contributed by atoms with Crippen molar-refractivity contribution in [3.8, 4) is 0 Å². The first kappa shape index (κ1) is 17.7. The van der Waals surface area contributed by atoms with Gasteiger partial charge in [-0.25, -0.2) is 0 Å². The number of amides is 1. The minimum absolute atomic E-state index is 0.367. The van der Waals surface area contributed by atoms with Crippen molar-refractivity contribution in [3.05, 3.63) is 72.3 Å². The van der Waals surface area contributed by atoms with Gasteiger partial charge >= 0.3 is 0 Å². The van der Waals surface area contributed by atoms with Crippen molar-refractivity contribution < 1.29 is 4.79 Å². The fourth-order valence-corrected chi connectivity index (χ4v) is 2.15. The number of carbonyl (C=O) groups is 1. The molecule has 0 radical (unpaired) electrons. The van der Waals surface area contributed by atoms with Gasteiger partial charge in [-0.3, -0.25) is 4.79 Å². The molecule has 1 atom stereocenters. The third kappa shape index (κ3) is 6.14. The second-order valence-electron chi connectivity index (χ2n) is 4.74. The molecule has 0 bridgehead atoms. The van der Waals surface area contributed by atoms with Gasteiger partial charge in [0.2, 0.25) is 9.70 Å². The molecular weight excluding hydrogens is 355 g/mol. The fraction of sp³-hybridized carbons (Fsp3) is 0.118. The van der Waals surface area contributed by atoms with Crippen LogP contribution in [-0.2, 0) is 4.79 Å². The van der Waals surface area contributed by atoms with Crippen molar-refractivity contribution >= 4 is 52.5 Å². The van der Waals surface area contributed by atoms with Crippen molar-refractivity contribution in [3.63, 3.8) is 0 Å². The molecule has 0 fully saturated rings. The number of carbonyl (C=O) groups excluding carboxylic acids is 1. The van der Waals surface area contributed by atoms with Gasteiger partial charge in [-0.05, 0) is 23.8 Å². The predicted molar refractivity (Wildman–Crippen MR) is 97.8 cm³/mol. The van der Waals surface area contributed by atoms with E-state index in [1.54, 1.807) is 6.08 Å². The van der Waals surface area contributed by atoms with Crippen LogP contribution in [0.25, 0.3) is 6.08 Å². The van der Waals surface area contributed by atoms with E-state index in [4.69, 9.17) is 34.8 Å². The van der Waals surface area contributed by atoms with E-state index >= 15 is 0 Å². The Hall–Kier alpha value is -1.68. The van der Waals surface area contributed by atoms with Gasteiger partial charge in [-0.2, -0.15) is 0 Å². The lowest BCUT2D eigenvalue weighted by Gasteiger charge is -2.26. The Kier molecular flexibility index (Phi) is 6.34. The molecule has 6 heteroatoms. The van der Waals surface area contributed by atoms with Gasteiger partial charge in [-0.1, -0.05) is 83.3 Å². The molecule has 3 nitrogen and oxygen atoms in total. The first-order chi connectivity index (χ1) is 10.9. The highest BCUT2D eigenvalue weighted by Crippen LogP contribution is 2.31. The predicted octanol–water partition coefficient (Wildman–Crippen LogP) is 4.62. The maximum Gasteiger partial charge on any atom is 0.245 e. The lowest BCUT2D eigenvalue weighted by molar-refractivity contribution is -0.116. The Labute approximate surface area is 150 Å². The molecule has 2 aromatic rings. The van der Waals surface area contributed by atoms with Gasteiger partial charge in [0, 0.05) is 11.8 Å². The lowest BCUT2D eigenvalue weighted by Crippen LogP contribution is -2.48. The molecule has 0 aliphatic rings. The van der Waals surface area contributed by atoms with Crippen LogP contribution in [0.5, 0.6) is 0 Å². The van der Waals surface area contributed by atoms with E-state index in [0.29, 0.717) is 0 Å². The lowest BCUT2D eigenvalue weighted by atomic mass is 10.2. The summed E-state index contributed by atoms with van der Waals surface area (Å²) >= 11 is 17.8. The Morgan fingerprint density at radius 1 is 0.957 bits per heavy atom. The van der Waals surface area contributed by atoms with Gasteiger partial charge in [0.25, 0.3) is 0 Å². The molecule has 2 N–H and O–H groups in total. The zero-order valence-corrected chi connectivity index (χ0v) is 14.3. The van der Waals surface area contributed by atoms with Gasteiger partial charge < -0.3 is 10.6 Å². The average Bonchev–Trinajstić information content (AvgIpc) is 2.53. The number of nitrogens with one attached hydrogen (secondary N) is 2. The zero-order chi connectivity index (χ0) is 16.7. The second-order valence-corrected chi connectivity index (χ2v) is 7.11. The van der Waals surface area contributed by atoms with Crippen LogP contribution in [0.3, 0.4) is 0 Å². The molecule has 0 aliphatic carbocycles. The standard InChI is InChI=1S/C17H15Cl3N2O/c18-17(19,20)16(21-14-9-5-2-6-10-14)22-15(23)12-11-13-7-3-1-4-8-13/h1-12,16,21H,(H,22,23)/b12-11+. The van der Waals surface area contributed by atoms with Gasteiger partial charge in [0.05, 0.1) is 0 Å². The Bertz CT molecular complexity index is 655. The minimum atomic E-state index is -1.70. The Morgan fingerprint density at radius 3 is 2.09 bits per heavy atom. The molecule has 0 aliphatic heterocycles. The van der Waals surface area contributed by atoms with Gasteiger partial charge in [0.15, 0.2) is 0 Å². The Morgan fingerprint density at radius 2 is 1.52 bits per heavy atom. The van der Waals surface area contributed by atoms with Crippen LogP contribution >= 0.6 is 34.8 Å². The van der Waals surface area contributed by atoms with E-state index in [1.807, 2.05) is 60.7 Å². The Balaban J connectivity index is 2.03. The van der Waals surface area contributed by atoms with Crippen LogP contribution < -0.4 is 10.6 Å². The summed E-state index contributed by atoms with van der Waals surface area (Å²) in [6.07, 6.45) is 2.21. The second kappa shape index (κ2) is 8.25. The number of hydrogen-bond donors (Lipinski definition) is 2. The van der Waals surface area contributed by atoms with E-state index < -0.39 is 9.96 Å². The van der Waals surface area contributed by atoms with E-state index in [9.17, 15) is 4.79 Å². The van der Waals surface area contributed by atoms with Crippen LogP contribution in [0.1, 0.15) is 5.56 Å². The van der Waals surface area contributed by atoms with E-state index in [1.165, 1.54) is 6.08 Å². The molecular formula is C17H15Cl3N2O. The first-order valence-electron chi connectivity index (χ1n) is 6.87. The summed E-state index contributed by atoms with van der Waals surface area (Å²) in [7, 11) is 0. The minimum Gasteiger partial charge on any atom is -0.362 e. The summed E-state index contributed by atoms with van der Waals surface area (Å²) in [6.45, 7) is 0. The molecule has 0 heterocycles. The van der Waals surface area contributed by atoms with Crippen molar-refractivity contribution in [1.82, 2.24) is 5.32 Å². The van der Waals surface area contributed by atoms with E-state index in [0.717, 1.165) is 11.3 Å². The van der Waals surface area contributed by atoms with Crippen LogP contribution in [0.15, 0.2) is 66.7 Å². The SMILES string of the molecule is O=C(/C=C/c1ccccc1)NC(Nc1ccccc1)C(Cl)(Cl)Cl. The van der Waals surface area contributed by atoms with Crippen LogP contribution in [0, 0.1) is 0 Å². The molecule has 0 saturated heterocycles. The number of anilines is 1. The maximum atomic E-state index is 12.0. The smallest absolute Gasteiger partial charge is 0.245 e. The van der Waals surface area contributed by atoms with Gasteiger partial charge in [0.1, 0.15) is 6.17 Å². The monoisotopic (exact) mass is 368 g/mol. The number of hydrogen-bond acceptors (Lipinski definition) is 2. The molecule has 120 valence electrons. The highest BCUT2D eigenvalue weighted by Gasteiger charge is 2.33. The highest BCUT2D eigenvalue weighted by atomic mass is 35.6. The van der Waals surface area contributed by atoms with Crippen molar-refractivity contribution in [2.24, 2.45) is 0 Å². The highest BCUT2D eigenvalue weighted by molar-refractivity contribution is 6.68. The molecule has 23 heavy (non-hydrogen) atoms. The largest absolute Gasteiger partial charge is 0.362 e. The van der Waals surface area contributed by atoms with Crippen LogP contribution in [0.4, 0.5) is 5.69 Å². The number of rotatable bonds is 5. The number of alkyl halides is 3. The molecule has 2 aromatic carbocycles. The topological polar surface area (TPSA) is 41.1 Å². The summed E-state index contributed by atoms with van der Waals surface area (Å²) in [4.78, 5) is 12.0. The van der Waals surface area contributed by atoms with Crippen molar-refractivity contribution in [2.45, 2.75) is 9.96 Å². The van der Waals surface area contributed by atoms with Crippen LogP contribution in [0.2, 0.25) is 0 Å². The molecule has 1 amide bonds. The van der Waals surface area contributed by atoms with Gasteiger partial charge in [-0.15, -0.1) is 0 Å². The molecule has 0 saturated carbocycles. The summed E-state index contributed by atoms with van der Waals surface area (Å²) in [5, 5.41) is 5.63. The van der Waals surface area contributed by atoms with E-state index in [-0.39, 0.29) is 5.91 Å². The summed E-state index contributed by atoms with van der Waals surface area (Å²) in [5.41, 5.74) is 1.64. The fourth-order valence-electron chi connectivity index (χ4n) is 1.83. The average molecular weight is 370 g/mol. The first-order valence-corrected chi connectivity index (χ1v) is 8.00. The quantitative estimate of drug-likeness (QED) is 0.458. The summed E-state index contributed by atoms with van der Waals surface area (Å²) < 4.78 is -1.70. The molecule has 0 aromatic heterocycles. The molecule has 2 rings (SSSR count). The number of halogens is 3. The normalized spacial score (nSPS) is 12.8. The van der Waals surface area contributed by atoms with Crippen molar-refractivity contribution in [1.29, 1.82) is 0 Å². The molecule has 1 unspecified atom stereocenters. The zero-order valence-electron chi connectivity index (χ0n) is 12.0. The van der Waals surface area contributed by atoms with E-state index in [2.05, 4.69) is 10.6 Å². The number of benzene rings is 2.